The lowest BCUT2D eigenvalue weighted by molar-refractivity contribution is -0.137. The summed E-state index contributed by atoms with van der Waals surface area (Å²) in [6, 6.07) is 7.13. The van der Waals surface area contributed by atoms with Crippen molar-refractivity contribution in [3.05, 3.63) is 99.9 Å². The summed E-state index contributed by atoms with van der Waals surface area (Å²) in [6.45, 7) is 0. The Morgan fingerprint density at radius 2 is 1.97 bits per heavy atom. The molecule has 6 rings (SSSR count). The maximum atomic E-state index is 13.8. The highest BCUT2D eigenvalue weighted by atomic mass is 19.1. The third kappa shape index (κ3) is 5.04. The molecule has 0 aliphatic heterocycles. The fraction of sp³-hybridized carbons (Fsp3) is 0.267. The minimum absolute atomic E-state index is 0.0333. The van der Waals surface area contributed by atoms with Crippen LogP contribution < -0.4 is 5.56 Å². The van der Waals surface area contributed by atoms with E-state index in [1.165, 1.54) is 18.2 Å². The lowest BCUT2D eigenvalue weighted by Gasteiger charge is -2.12. The molecular formula is C30H25F2N3O4. The molecule has 0 fully saturated rings. The smallest absolute Gasteiger partial charge is 0.303 e. The summed E-state index contributed by atoms with van der Waals surface area (Å²) in [5, 5.41) is 13.6. The molecule has 9 heteroatoms. The number of halogens is 2. The second-order valence-corrected chi connectivity index (χ2v) is 10.0. The SMILES string of the molecule is O=C(O)CCCCc1nc2cc(-c3cc(CC4C=CC(F)=CC4)on3)ccc2c(=O)n1C1=C2C=C(F)C=C[C@@H]21. The maximum Gasteiger partial charge on any atom is 0.303 e. The lowest BCUT2D eigenvalue weighted by Crippen LogP contribution is -2.23. The Labute approximate surface area is 222 Å². The van der Waals surface area contributed by atoms with Crippen molar-refractivity contribution in [3.8, 4) is 11.3 Å². The van der Waals surface area contributed by atoms with E-state index < -0.39 is 5.97 Å². The summed E-state index contributed by atoms with van der Waals surface area (Å²) in [7, 11) is 0. The Kier molecular flexibility index (Phi) is 6.42. The van der Waals surface area contributed by atoms with Crippen molar-refractivity contribution >= 4 is 22.6 Å². The summed E-state index contributed by atoms with van der Waals surface area (Å²) in [5.41, 5.74) is 3.05. The van der Waals surface area contributed by atoms with Crippen LogP contribution in [0.25, 0.3) is 27.9 Å². The zero-order chi connectivity index (χ0) is 27.1. The van der Waals surface area contributed by atoms with Gasteiger partial charge in [0.15, 0.2) is 0 Å². The van der Waals surface area contributed by atoms with Gasteiger partial charge in [0.05, 0.1) is 10.9 Å². The highest BCUT2D eigenvalue weighted by molar-refractivity contribution is 5.86. The van der Waals surface area contributed by atoms with Gasteiger partial charge in [-0.1, -0.05) is 23.4 Å². The van der Waals surface area contributed by atoms with Crippen molar-refractivity contribution in [2.24, 2.45) is 11.8 Å². The molecule has 1 unspecified atom stereocenters. The number of hydrogen-bond acceptors (Lipinski definition) is 5. The fourth-order valence-electron chi connectivity index (χ4n) is 5.22. The van der Waals surface area contributed by atoms with Crippen LogP contribution in [0.1, 0.15) is 37.3 Å². The number of carboxylic acids is 1. The molecule has 3 aromatic rings. The first-order valence-electron chi connectivity index (χ1n) is 12.9. The van der Waals surface area contributed by atoms with Crippen LogP contribution in [0, 0.1) is 11.8 Å². The van der Waals surface area contributed by atoms with E-state index in [0.717, 1.165) is 11.1 Å². The molecule has 0 amide bonds. The van der Waals surface area contributed by atoms with Crippen molar-refractivity contribution in [3.63, 3.8) is 0 Å². The number of aryl methyl sites for hydroxylation is 1. The van der Waals surface area contributed by atoms with Gasteiger partial charge in [-0.2, -0.15) is 0 Å². The summed E-state index contributed by atoms with van der Waals surface area (Å²) in [5.74, 6) is -0.270. The summed E-state index contributed by atoms with van der Waals surface area (Å²) >= 11 is 0. The average Bonchev–Trinajstić information content (AvgIpc) is 3.40. The van der Waals surface area contributed by atoms with Crippen LogP contribution >= 0.6 is 0 Å². The van der Waals surface area contributed by atoms with Gasteiger partial charge in [0, 0.05) is 42.5 Å². The van der Waals surface area contributed by atoms with Gasteiger partial charge in [0.2, 0.25) is 0 Å². The molecule has 0 radical (unpaired) electrons. The molecule has 2 heterocycles. The van der Waals surface area contributed by atoms with Crippen LogP contribution in [0.15, 0.2) is 87.3 Å². The molecular weight excluding hydrogens is 504 g/mol. The molecule has 0 saturated heterocycles. The topological polar surface area (TPSA) is 98.2 Å². The van der Waals surface area contributed by atoms with E-state index in [9.17, 15) is 18.4 Å². The van der Waals surface area contributed by atoms with E-state index in [-0.39, 0.29) is 35.5 Å². The molecule has 0 saturated carbocycles. The summed E-state index contributed by atoms with van der Waals surface area (Å²) in [6.07, 6.45) is 12.0. The number of carbonyl (C=O) groups is 1. The van der Waals surface area contributed by atoms with E-state index in [4.69, 9.17) is 14.6 Å². The molecule has 3 aliphatic carbocycles. The maximum absolute atomic E-state index is 13.8. The van der Waals surface area contributed by atoms with Crippen LogP contribution in [-0.2, 0) is 17.6 Å². The van der Waals surface area contributed by atoms with Gasteiger partial charge in [0.1, 0.15) is 28.9 Å². The van der Waals surface area contributed by atoms with E-state index in [2.05, 4.69) is 5.16 Å². The number of allylic oxidation sites excluding steroid dienone is 10. The van der Waals surface area contributed by atoms with E-state index in [1.54, 1.807) is 34.9 Å². The molecule has 1 aromatic carbocycles. The van der Waals surface area contributed by atoms with Gasteiger partial charge in [-0.3, -0.25) is 14.2 Å². The van der Waals surface area contributed by atoms with Gasteiger partial charge < -0.3 is 9.63 Å². The first-order chi connectivity index (χ1) is 18.9. The zero-order valence-corrected chi connectivity index (χ0v) is 20.9. The van der Waals surface area contributed by atoms with Crippen LogP contribution in [0.2, 0.25) is 0 Å². The Balaban J connectivity index is 1.32. The van der Waals surface area contributed by atoms with Gasteiger partial charge in [-0.25, -0.2) is 13.8 Å². The highest BCUT2D eigenvalue weighted by Gasteiger charge is 2.38. The lowest BCUT2D eigenvalue weighted by atomic mass is 9.95. The quantitative estimate of drug-likeness (QED) is 0.337. The number of aromatic nitrogens is 3. The largest absolute Gasteiger partial charge is 0.481 e. The van der Waals surface area contributed by atoms with Crippen LogP contribution in [0.5, 0.6) is 0 Å². The molecule has 39 heavy (non-hydrogen) atoms. The third-order valence-corrected chi connectivity index (χ3v) is 7.27. The molecule has 7 nitrogen and oxygen atoms in total. The van der Waals surface area contributed by atoms with Gasteiger partial charge >= 0.3 is 5.97 Å². The molecule has 2 aromatic heterocycles. The molecule has 3 aliphatic rings. The molecule has 198 valence electrons. The molecule has 1 N–H and O–H groups in total. The summed E-state index contributed by atoms with van der Waals surface area (Å²) in [4.78, 5) is 29.5. The zero-order valence-electron chi connectivity index (χ0n) is 20.9. The first kappa shape index (κ1) is 24.9. The number of unbranched alkanes of at least 4 members (excludes halogenated alkanes) is 1. The van der Waals surface area contributed by atoms with Gasteiger partial charge in [0.25, 0.3) is 5.56 Å². The predicted molar refractivity (Wildman–Crippen MR) is 142 cm³/mol. The highest BCUT2D eigenvalue weighted by Crippen LogP contribution is 2.48. The minimum atomic E-state index is -0.873. The van der Waals surface area contributed by atoms with Gasteiger partial charge in [-0.15, -0.1) is 0 Å². The van der Waals surface area contributed by atoms with Crippen molar-refractivity contribution < 1.29 is 23.2 Å². The van der Waals surface area contributed by atoms with Crippen molar-refractivity contribution in [2.45, 2.75) is 38.5 Å². The standard InChI is InChI=1S/C30H25F2N3O4/c31-19-8-5-17(6-9-19)13-21-16-25(34-39-21)18-7-11-23-26(14-18)33-27(3-1-2-4-28(36)37)35(30(23)38)29-22-12-10-20(32)15-24(22)29/h5,7-12,14-17,22H,1-4,6,13H2,(H,36,37)/t17?,22-/m0/s1. The Morgan fingerprint density at radius 1 is 1.13 bits per heavy atom. The second-order valence-electron chi connectivity index (χ2n) is 10.0. The number of aliphatic carboxylic acids is 1. The Hall–Kier alpha value is -4.40. The molecule has 0 spiro atoms. The number of rotatable bonds is 9. The number of benzene rings is 1. The van der Waals surface area contributed by atoms with Crippen molar-refractivity contribution in [1.82, 2.24) is 14.7 Å². The first-order valence-corrected chi connectivity index (χ1v) is 12.9. The second kappa shape index (κ2) is 10.1. The van der Waals surface area contributed by atoms with Crippen LogP contribution in [0.4, 0.5) is 8.78 Å². The predicted octanol–water partition coefficient (Wildman–Crippen LogP) is 6.09. The summed E-state index contributed by atoms with van der Waals surface area (Å²) < 4.78 is 34.2. The minimum Gasteiger partial charge on any atom is -0.481 e. The van der Waals surface area contributed by atoms with E-state index in [0.29, 0.717) is 66.0 Å². The van der Waals surface area contributed by atoms with Crippen LogP contribution in [0.3, 0.4) is 0 Å². The van der Waals surface area contributed by atoms with Crippen molar-refractivity contribution in [1.29, 1.82) is 0 Å². The molecule has 0 bridgehead atoms. The molecule has 2 atom stereocenters. The van der Waals surface area contributed by atoms with E-state index in [1.807, 2.05) is 12.1 Å². The number of nitrogens with zero attached hydrogens (tertiary/aromatic N) is 3. The normalized spacial score (nSPS) is 19.7. The Bertz CT molecular complexity index is 1710. The third-order valence-electron chi connectivity index (χ3n) is 7.27. The van der Waals surface area contributed by atoms with Crippen LogP contribution in [-0.4, -0.2) is 25.8 Å². The average molecular weight is 530 g/mol. The number of carboxylic acid groups (broad SMARTS) is 1. The number of hydrogen-bond donors (Lipinski definition) is 1. The number of fused-ring (bicyclic) bond motifs is 2. The monoisotopic (exact) mass is 529 g/mol. The Morgan fingerprint density at radius 3 is 2.74 bits per heavy atom. The van der Waals surface area contributed by atoms with E-state index >= 15 is 0 Å². The van der Waals surface area contributed by atoms with Crippen molar-refractivity contribution in [2.75, 3.05) is 0 Å². The van der Waals surface area contributed by atoms with Gasteiger partial charge in [-0.05, 0) is 67.2 Å². The fourth-order valence-corrected chi connectivity index (χ4v) is 5.22.